The lowest BCUT2D eigenvalue weighted by Crippen LogP contribution is -2.43. The smallest absolute Gasteiger partial charge is 0.242 e. The molecule has 43 heavy (non-hydrogen) atoms. The standard InChI is InChI=1S/C32H43N3O7S/c1-19(36)34-24-8-6-21-16-28(39-2)30(40-3)31(41-4)29(21)22-7-9-25(27(37)17-23(22)24)35-26(12-15-43-5)32(38)33-18-20-10-13-42-14-11-20/h7,9,16-17,20,24,26H,6,8,10-15,18H2,1-5H3,(H,33,38)(H,34,36)(H,35,37). The monoisotopic (exact) mass is 613 g/mol. The highest BCUT2D eigenvalue weighted by atomic mass is 32.2. The van der Waals surface area contributed by atoms with Crippen LogP contribution in [0.3, 0.4) is 0 Å². The minimum absolute atomic E-state index is 0.131. The number of benzene rings is 1. The van der Waals surface area contributed by atoms with Crippen molar-refractivity contribution in [2.45, 2.75) is 51.1 Å². The number of carbonyl (C=O) groups is 2. The van der Waals surface area contributed by atoms with Gasteiger partial charge < -0.3 is 34.9 Å². The summed E-state index contributed by atoms with van der Waals surface area (Å²) in [6, 6.07) is 6.06. The van der Waals surface area contributed by atoms with Crippen molar-refractivity contribution in [2.24, 2.45) is 5.92 Å². The van der Waals surface area contributed by atoms with E-state index in [-0.39, 0.29) is 17.2 Å². The van der Waals surface area contributed by atoms with Gasteiger partial charge in [0.2, 0.25) is 23.0 Å². The molecular weight excluding hydrogens is 570 g/mol. The maximum Gasteiger partial charge on any atom is 0.242 e. The fourth-order valence-corrected chi connectivity index (χ4v) is 6.31. The van der Waals surface area contributed by atoms with Crippen LogP contribution in [0.25, 0.3) is 11.1 Å². The average Bonchev–Trinajstić information content (AvgIpc) is 3.25. The highest BCUT2D eigenvalue weighted by molar-refractivity contribution is 7.98. The number of aryl methyl sites for hydroxylation is 1. The lowest BCUT2D eigenvalue weighted by atomic mass is 9.95. The van der Waals surface area contributed by atoms with E-state index < -0.39 is 12.1 Å². The van der Waals surface area contributed by atoms with E-state index in [0.29, 0.717) is 73.4 Å². The molecule has 2 aromatic carbocycles. The van der Waals surface area contributed by atoms with E-state index in [4.69, 9.17) is 18.9 Å². The highest BCUT2D eigenvalue weighted by Crippen LogP contribution is 2.50. The normalized spacial score (nSPS) is 17.0. The summed E-state index contributed by atoms with van der Waals surface area (Å²) in [5, 5.41) is 9.37. The van der Waals surface area contributed by atoms with Gasteiger partial charge in [0.15, 0.2) is 11.5 Å². The minimum atomic E-state index is -0.584. The van der Waals surface area contributed by atoms with Crippen molar-refractivity contribution in [3.05, 3.63) is 45.6 Å². The molecule has 0 radical (unpaired) electrons. The van der Waals surface area contributed by atoms with Crippen LogP contribution >= 0.6 is 11.8 Å². The molecule has 0 spiro atoms. The first-order chi connectivity index (χ1) is 20.8. The molecule has 0 saturated carbocycles. The summed E-state index contributed by atoms with van der Waals surface area (Å²) in [6.45, 7) is 3.48. The fraction of sp³-hybridized carbons (Fsp3) is 0.531. The maximum atomic E-state index is 13.8. The second-order valence-electron chi connectivity index (χ2n) is 10.9. The van der Waals surface area contributed by atoms with Crippen LogP contribution in [0.4, 0.5) is 5.69 Å². The van der Waals surface area contributed by atoms with Gasteiger partial charge in [0.1, 0.15) is 6.04 Å². The van der Waals surface area contributed by atoms with Gasteiger partial charge in [0.25, 0.3) is 0 Å². The molecule has 2 aromatic rings. The Morgan fingerprint density at radius 1 is 1.05 bits per heavy atom. The van der Waals surface area contributed by atoms with Gasteiger partial charge in [-0.05, 0) is 84.9 Å². The van der Waals surface area contributed by atoms with Crippen molar-refractivity contribution in [1.29, 1.82) is 0 Å². The summed E-state index contributed by atoms with van der Waals surface area (Å²) >= 11 is 1.65. The van der Waals surface area contributed by atoms with E-state index in [1.165, 1.54) is 6.92 Å². The molecule has 10 nitrogen and oxygen atoms in total. The molecule has 1 heterocycles. The van der Waals surface area contributed by atoms with E-state index in [1.807, 2.05) is 18.4 Å². The highest BCUT2D eigenvalue weighted by Gasteiger charge is 2.30. The van der Waals surface area contributed by atoms with Crippen molar-refractivity contribution < 1.29 is 28.5 Å². The SMILES string of the molecule is COc1cc2c(c(OC)c1OC)-c1ccc(NC(CCSC)C(=O)NCC3CCOCC3)c(=O)cc1C(NC(C)=O)CC2. The van der Waals surface area contributed by atoms with Gasteiger partial charge in [-0.3, -0.25) is 14.4 Å². The molecule has 234 valence electrons. The predicted octanol–water partition coefficient (Wildman–Crippen LogP) is 3.94. The fourth-order valence-electron chi connectivity index (χ4n) is 5.84. The van der Waals surface area contributed by atoms with Crippen molar-refractivity contribution in [3.8, 4) is 28.4 Å². The number of anilines is 1. The Hall–Kier alpha value is -3.44. The zero-order valence-electron chi connectivity index (χ0n) is 25.7. The van der Waals surface area contributed by atoms with Gasteiger partial charge in [-0.25, -0.2) is 0 Å². The third-order valence-corrected chi connectivity index (χ3v) is 8.72. The lowest BCUT2D eigenvalue weighted by Gasteiger charge is -2.24. The lowest BCUT2D eigenvalue weighted by molar-refractivity contribution is -0.122. The van der Waals surface area contributed by atoms with Gasteiger partial charge in [0, 0.05) is 32.2 Å². The number of rotatable bonds is 12. The maximum absolute atomic E-state index is 13.8. The van der Waals surface area contributed by atoms with Crippen LogP contribution in [0.15, 0.2) is 29.1 Å². The third-order valence-electron chi connectivity index (χ3n) is 8.08. The minimum Gasteiger partial charge on any atom is -0.493 e. The molecule has 2 atom stereocenters. The summed E-state index contributed by atoms with van der Waals surface area (Å²) in [4.78, 5) is 39.3. The van der Waals surface area contributed by atoms with E-state index in [0.717, 1.165) is 35.3 Å². The van der Waals surface area contributed by atoms with Gasteiger partial charge in [-0.2, -0.15) is 11.8 Å². The number of amides is 2. The van der Waals surface area contributed by atoms with Gasteiger partial charge in [0.05, 0.1) is 33.1 Å². The van der Waals surface area contributed by atoms with Gasteiger partial charge in [-0.15, -0.1) is 0 Å². The van der Waals surface area contributed by atoms with Crippen LogP contribution in [-0.2, 0) is 20.7 Å². The summed E-state index contributed by atoms with van der Waals surface area (Å²) in [7, 11) is 4.69. The predicted molar refractivity (Wildman–Crippen MR) is 170 cm³/mol. The van der Waals surface area contributed by atoms with Crippen molar-refractivity contribution in [3.63, 3.8) is 0 Å². The molecule has 2 amide bonds. The Morgan fingerprint density at radius 2 is 1.79 bits per heavy atom. The van der Waals surface area contributed by atoms with Crippen LogP contribution in [0.5, 0.6) is 17.2 Å². The zero-order valence-corrected chi connectivity index (χ0v) is 26.5. The van der Waals surface area contributed by atoms with Gasteiger partial charge in [-0.1, -0.05) is 6.07 Å². The molecule has 0 aromatic heterocycles. The summed E-state index contributed by atoms with van der Waals surface area (Å²) < 4.78 is 22.6. The van der Waals surface area contributed by atoms with Crippen LogP contribution in [0.1, 0.15) is 49.8 Å². The Morgan fingerprint density at radius 3 is 2.44 bits per heavy atom. The van der Waals surface area contributed by atoms with Crippen LogP contribution in [-0.4, -0.2) is 71.0 Å². The second kappa shape index (κ2) is 15.3. The molecule has 1 aliphatic heterocycles. The molecule has 1 aliphatic carbocycles. The number of carbonyl (C=O) groups excluding carboxylic acids is 2. The number of thioether (sulfide) groups is 1. The summed E-state index contributed by atoms with van der Waals surface area (Å²) in [5.41, 5.74) is 3.16. The van der Waals surface area contributed by atoms with Gasteiger partial charge >= 0.3 is 0 Å². The van der Waals surface area contributed by atoms with Crippen molar-refractivity contribution in [1.82, 2.24) is 10.6 Å². The van der Waals surface area contributed by atoms with Crippen LogP contribution in [0.2, 0.25) is 0 Å². The molecule has 11 heteroatoms. The number of ether oxygens (including phenoxy) is 4. The molecular formula is C32H43N3O7S. The number of hydrogen-bond donors (Lipinski definition) is 3. The Balaban J connectivity index is 1.77. The first-order valence-electron chi connectivity index (χ1n) is 14.7. The number of methoxy groups -OCH3 is 3. The molecule has 2 aliphatic rings. The molecule has 1 fully saturated rings. The number of nitrogens with one attached hydrogen (secondary N) is 3. The molecule has 0 bridgehead atoms. The Bertz CT molecular complexity index is 1360. The molecule has 1 saturated heterocycles. The third kappa shape index (κ3) is 7.75. The Labute approximate surface area is 257 Å². The zero-order chi connectivity index (χ0) is 30.9. The quantitative estimate of drug-likeness (QED) is 0.327. The van der Waals surface area contributed by atoms with E-state index in [9.17, 15) is 14.4 Å². The van der Waals surface area contributed by atoms with Crippen LogP contribution < -0.4 is 35.6 Å². The molecule has 2 unspecified atom stereocenters. The number of fused-ring (bicyclic) bond motifs is 3. The average molecular weight is 614 g/mol. The molecule has 4 rings (SSSR count). The van der Waals surface area contributed by atoms with Crippen LogP contribution in [0, 0.1) is 5.92 Å². The summed E-state index contributed by atoms with van der Waals surface area (Å²) in [6.07, 6.45) is 5.57. The Kier molecular flexibility index (Phi) is 11.6. The van der Waals surface area contributed by atoms with E-state index in [2.05, 4.69) is 16.0 Å². The number of hydrogen-bond acceptors (Lipinski definition) is 9. The van der Waals surface area contributed by atoms with E-state index >= 15 is 0 Å². The topological polar surface area (TPSA) is 124 Å². The largest absolute Gasteiger partial charge is 0.493 e. The van der Waals surface area contributed by atoms with E-state index in [1.54, 1.807) is 45.2 Å². The first kappa shape index (κ1) is 32.5. The molecule has 3 N–H and O–H groups in total. The van der Waals surface area contributed by atoms with Crippen molar-refractivity contribution in [2.75, 3.05) is 58.4 Å². The second-order valence-corrected chi connectivity index (χ2v) is 11.9. The van der Waals surface area contributed by atoms with Crippen molar-refractivity contribution >= 4 is 29.3 Å². The first-order valence-corrected chi connectivity index (χ1v) is 16.1. The summed E-state index contributed by atoms with van der Waals surface area (Å²) in [5.74, 6) is 2.28.